The molecule has 140 valence electrons. The summed E-state index contributed by atoms with van der Waals surface area (Å²) in [5.41, 5.74) is 0. The van der Waals surface area contributed by atoms with Crippen molar-refractivity contribution >= 4 is 5.95 Å². The predicted molar refractivity (Wildman–Crippen MR) is 96.3 cm³/mol. The molecule has 2 saturated heterocycles. The molecule has 2 aliphatic rings. The van der Waals surface area contributed by atoms with Gasteiger partial charge in [0.1, 0.15) is 11.6 Å². The zero-order chi connectivity index (χ0) is 17.9. The van der Waals surface area contributed by atoms with Crippen molar-refractivity contribution in [3.8, 4) is 0 Å². The van der Waals surface area contributed by atoms with E-state index >= 15 is 0 Å². The molecule has 0 aliphatic carbocycles. The van der Waals surface area contributed by atoms with Crippen LogP contribution in [0.15, 0.2) is 12.4 Å². The first-order valence-electron chi connectivity index (χ1n) is 9.54. The lowest BCUT2D eigenvalue weighted by Gasteiger charge is -2.32. The first-order chi connectivity index (χ1) is 12.7. The molecule has 0 aromatic carbocycles. The lowest BCUT2D eigenvalue weighted by Crippen LogP contribution is -2.36. The lowest BCUT2D eigenvalue weighted by atomic mass is 9.97. The zero-order valence-corrected chi connectivity index (χ0v) is 15.3. The van der Waals surface area contributed by atoms with Gasteiger partial charge in [-0.15, -0.1) is 10.2 Å². The van der Waals surface area contributed by atoms with Crippen LogP contribution in [-0.4, -0.2) is 55.8 Å². The molecule has 0 amide bonds. The van der Waals surface area contributed by atoms with Crippen LogP contribution in [-0.2, 0) is 13.6 Å². The molecule has 0 saturated carbocycles. The van der Waals surface area contributed by atoms with Gasteiger partial charge in [-0.25, -0.2) is 14.4 Å². The van der Waals surface area contributed by atoms with E-state index in [1.165, 1.54) is 31.7 Å². The summed E-state index contributed by atoms with van der Waals surface area (Å²) in [6.45, 7) is 4.87. The van der Waals surface area contributed by atoms with E-state index in [1.54, 1.807) is 0 Å². The summed E-state index contributed by atoms with van der Waals surface area (Å²) in [7, 11) is 2.07. The quantitative estimate of drug-likeness (QED) is 0.833. The van der Waals surface area contributed by atoms with E-state index in [4.69, 9.17) is 0 Å². The Morgan fingerprint density at radius 3 is 2.58 bits per heavy atom. The fourth-order valence-electron chi connectivity index (χ4n) is 4.02. The number of aromatic nitrogens is 5. The van der Waals surface area contributed by atoms with E-state index in [-0.39, 0.29) is 0 Å². The van der Waals surface area contributed by atoms with E-state index in [9.17, 15) is 4.39 Å². The third kappa shape index (κ3) is 3.70. The molecule has 0 radical (unpaired) electrons. The van der Waals surface area contributed by atoms with E-state index in [2.05, 4.69) is 41.6 Å². The van der Waals surface area contributed by atoms with E-state index < -0.39 is 5.82 Å². The van der Waals surface area contributed by atoms with Crippen LogP contribution in [0.2, 0.25) is 0 Å². The minimum atomic E-state index is -0.405. The van der Waals surface area contributed by atoms with Crippen LogP contribution in [0.5, 0.6) is 0 Å². The van der Waals surface area contributed by atoms with Gasteiger partial charge in [-0.1, -0.05) is 6.42 Å². The molecule has 8 heteroatoms. The topological polar surface area (TPSA) is 63.0 Å². The second-order valence-electron chi connectivity index (χ2n) is 7.36. The molecule has 4 rings (SSSR count). The van der Waals surface area contributed by atoms with Gasteiger partial charge in [0.2, 0.25) is 5.95 Å². The summed E-state index contributed by atoms with van der Waals surface area (Å²) in [6, 6.07) is 0. The van der Waals surface area contributed by atoms with Crippen LogP contribution in [0, 0.1) is 5.82 Å². The van der Waals surface area contributed by atoms with Gasteiger partial charge in [0.25, 0.3) is 0 Å². The lowest BCUT2D eigenvalue weighted by molar-refractivity contribution is 0.213. The van der Waals surface area contributed by atoms with Crippen LogP contribution in [0.1, 0.15) is 49.7 Å². The Hall–Kier alpha value is -2.09. The Kier molecular flexibility index (Phi) is 5.10. The van der Waals surface area contributed by atoms with E-state index in [1.807, 2.05) is 0 Å². The Balaban J connectivity index is 1.45. The van der Waals surface area contributed by atoms with Crippen molar-refractivity contribution in [3.05, 3.63) is 29.9 Å². The molecule has 2 aromatic rings. The van der Waals surface area contributed by atoms with Gasteiger partial charge in [-0.3, -0.25) is 4.90 Å². The van der Waals surface area contributed by atoms with Crippen LogP contribution in [0.4, 0.5) is 10.3 Å². The van der Waals surface area contributed by atoms with Crippen LogP contribution >= 0.6 is 0 Å². The number of likely N-dealkylation sites (tertiary alicyclic amines) is 1. The van der Waals surface area contributed by atoms with Crippen molar-refractivity contribution < 1.29 is 4.39 Å². The molecule has 0 N–H and O–H groups in total. The van der Waals surface area contributed by atoms with Crippen molar-refractivity contribution in [1.82, 2.24) is 29.6 Å². The van der Waals surface area contributed by atoms with Gasteiger partial charge in [-0.2, -0.15) is 0 Å². The fraction of sp³-hybridized carbons (Fsp3) is 0.667. The van der Waals surface area contributed by atoms with Gasteiger partial charge in [0, 0.05) is 26.1 Å². The fourth-order valence-corrected chi connectivity index (χ4v) is 4.02. The maximum Gasteiger partial charge on any atom is 0.225 e. The highest BCUT2D eigenvalue weighted by Gasteiger charge is 2.27. The van der Waals surface area contributed by atoms with Crippen LogP contribution < -0.4 is 4.90 Å². The monoisotopic (exact) mass is 359 g/mol. The summed E-state index contributed by atoms with van der Waals surface area (Å²) in [5.74, 6) is 2.55. The van der Waals surface area contributed by atoms with Crippen molar-refractivity contribution in [2.45, 2.75) is 44.6 Å². The molecule has 26 heavy (non-hydrogen) atoms. The molecule has 2 aliphatic heterocycles. The van der Waals surface area contributed by atoms with Gasteiger partial charge in [0.05, 0.1) is 18.9 Å². The summed E-state index contributed by atoms with van der Waals surface area (Å²) in [4.78, 5) is 12.8. The number of nitrogens with zero attached hydrogens (tertiary/aromatic N) is 7. The number of hydrogen-bond acceptors (Lipinski definition) is 6. The van der Waals surface area contributed by atoms with Crippen molar-refractivity contribution in [1.29, 1.82) is 0 Å². The first kappa shape index (κ1) is 17.3. The molecule has 4 heterocycles. The molecular formula is C18H26FN7. The van der Waals surface area contributed by atoms with Crippen molar-refractivity contribution in [2.75, 3.05) is 31.1 Å². The minimum absolute atomic E-state index is 0.296. The largest absolute Gasteiger partial charge is 0.340 e. The number of anilines is 1. The van der Waals surface area contributed by atoms with Crippen molar-refractivity contribution in [2.24, 2.45) is 7.05 Å². The molecule has 0 spiro atoms. The van der Waals surface area contributed by atoms with E-state index in [0.29, 0.717) is 11.9 Å². The molecule has 1 atom stereocenters. The molecule has 2 fully saturated rings. The number of piperidine rings is 2. The third-order valence-electron chi connectivity index (χ3n) is 5.49. The molecule has 0 bridgehead atoms. The maximum absolute atomic E-state index is 13.1. The number of rotatable bonds is 4. The van der Waals surface area contributed by atoms with Crippen LogP contribution in [0.25, 0.3) is 0 Å². The SMILES string of the molecule is Cn1c(CN2CCCCC2)nnc1[C@H]1CCCN(c2ncc(F)cn2)C1. The first-order valence-corrected chi connectivity index (χ1v) is 9.54. The number of halogens is 1. The Labute approximate surface area is 153 Å². The zero-order valence-electron chi connectivity index (χ0n) is 15.3. The molecular weight excluding hydrogens is 333 g/mol. The normalized spacial score (nSPS) is 21.9. The molecule has 7 nitrogen and oxygen atoms in total. The Bertz CT molecular complexity index is 724. The van der Waals surface area contributed by atoms with Gasteiger partial charge < -0.3 is 9.47 Å². The standard InChI is InChI=1S/C18H26FN7/c1-24-16(13-25-7-3-2-4-8-25)22-23-17(24)14-6-5-9-26(12-14)18-20-10-15(19)11-21-18/h10-11,14H,2-9,12-13H2,1H3/t14-/m0/s1. The smallest absolute Gasteiger partial charge is 0.225 e. The molecule has 2 aromatic heterocycles. The Morgan fingerprint density at radius 2 is 1.81 bits per heavy atom. The second-order valence-corrected chi connectivity index (χ2v) is 7.36. The highest BCUT2D eigenvalue weighted by Crippen LogP contribution is 2.28. The highest BCUT2D eigenvalue weighted by atomic mass is 19.1. The highest BCUT2D eigenvalue weighted by molar-refractivity contribution is 5.31. The van der Waals surface area contributed by atoms with Gasteiger partial charge in [-0.05, 0) is 38.8 Å². The Morgan fingerprint density at radius 1 is 1.04 bits per heavy atom. The van der Waals surface area contributed by atoms with Crippen LogP contribution in [0.3, 0.4) is 0 Å². The van der Waals surface area contributed by atoms with Gasteiger partial charge >= 0.3 is 0 Å². The third-order valence-corrected chi connectivity index (χ3v) is 5.49. The average Bonchev–Trinajstić information content (AvgIpc) is 3.04. The summed E-state index contributed by atoms with van der Waals surface area (Å²) in [5, 5.41) is 8.97. The van der Waals surface area contributed by atoms with Gasteiger partial charge in [0.15, 0.2) is 5.82 Å². The summed E-state index contributed by atoms with van der Waals surface area (Å²) < 4.78 is 15.2. The average molecular weight is 359 g/mol. The summed E-state index contributed by atoms with van der Waals surface area (Å²) in [6.07, 6.45) is 8.47. The minimum Gasteiger partial charge on any atom is -0.340 e. The predicted octanol–water partition coefficient (Wildman–Crippen LogP) is 2.11. The van der Waals surface area contributed by atoms with Crippen molar-refractivity contribution in [3.63, 3.8) is 0 Å². The number of hydrogen-bond donors (Lipinski definition) is 0. The summed E-state index contributed by atoms with van der Waals surface area (Å²) >= 11 is 0. The van der Waals surface area contributed by atoms with E-state index in [0.717, 1.165) is 57.2 Å². The maximum atomic E-state index is 13.1. The second kappa shape index (κ2) is 7.65. The molecule has 0 unspecified atom stereocenters.